The smallest absolute Gasteiger partial charge is 0.407 e. The van der Waals surface area contributed by atoms with Crippen molar-refractivity contribution in [2.24, 2.45) is 5.92 Å². The third-order valence-electron chi connectivity index (χ3n) is 2.87. The summed E-state index contributed by atoms with van der Waals surface area (Å²) in [5.74, 6) is 0.330. The minimum Gasteiger partial charge on any atom is -0.444 e. The third kappa shape index (κ3) is 4.39. The maximum atomic E-state index is 11.5. The molecule has 4 nitrogen and oxygen atoms in total. The molecule has 0 radical (unpaired) electrons. The SMILES string of the molecule is CC1CC[C@@H](NC(=O)OC(C)(C)C)C[C@H]1O. The molecule has 0 aromatic carbocycles. The molecule has 3 atom stereocenters. The number of ether oxygens (including phenoxy) is 1. The minimum atomic E-state index is -0.468. The Bertz CT molecular complexity index is 247. The summed E-state index contributed by atoms with van der Waals surface area (Å²) in [4.78, 5) is 11.5. The van der Waals surface area contributed by atoms with E-state index in [4.69, 9.17) is 4.74 Å². The number of aliphatic hydroxyl groups excluding tert-OH is 1. The topological polar surface area (TPSA) is 58.6 Å². The number of hydrogen-bond acceptors (Lipinski definition) is 3. The van der Waals surface area contributed by atoms with Crippen LogP contribution in [-0.4, -0.2) is 28.9 Å². The second kappa shape index (κ2) is 5.04. The maximum Gasteiger partial charge on any atom is 0.407 e. The molecule has 4 heteroatoms. The zero-order chi connectivity index (χ0) is 12.3. The Kier molecular flexibility index (Phi) is 4.19. The summed E-state index contributed by atoms with van der Waals surface area (Å²) >= 11 is 0. The predicted octanol–water partition coefficient (Wildman–Crippen LogP) is 2.06. The molecule has 0 heterocycles. The lowest BCUT2D eigenvalue weighted by Crippen LogP contribution is -2.44. The van der Waals surface area contributed by atoms with E-state index in [1.165, 1.54) is 0 Å². The first-order valence-corrected chi connectivity index (χ1v) is 5.95. The van der Waals surface area contributed by atoms with Crippen molar-refractivity contribution in [1.82, 2.24) is 5.32 Å². The highest BCUT2D eigenvalue weighted by molar-refractivity contribution is 5.68. The summed E-state index contributed by atoms with van der Waals surface area (Å²) in [6.45, 7) is 7.55. The van der Waals surface area contributed by atoms with Crippen molar-refractivity contribution in [1.29, 1.82) is 0 Å². The number of amides is 1. The molecule has 1 rings (SSSR count). The minimum absolute atomic E-state index is 0.0426. The number of aliphatic hydroxyl groups is 1. The zero-order valence-corrected chi connectivity index (χ0v) is 10.6. The van der Waals surface area contributed by atoms with Gasteiger partial charge in [0.1, 0.15) is 5.60 Å². The van der Waals surface area contributed by atoms with Gasteiger partial charge in [-0.25, -0.2) is 4.79 Å². The van der Waals surface area contributed by atoms with Crippen LogP contribution in [0.5, 0.6) is 0 Å². The van der Waals surface area contributed by atoms with E-state index in [0.717, 1.165) is 12.8 Å². The van der Waals surface area contributed by atoms with Crippen molar-refractivity contribution < 1.29 is 14.6 Å². The Morgan fingerprint density at radius 1 is 1.38 bits per heavy atom. The number of hydrogen-bond donors (Lipinski definition) is 2. The fourth-order valence-electron chi connectivity index (χ4n) is 1.90. The van der Waals surface area contributed by atoms with E-state index in [1.807, 2.05) is 27.7 Å². The quantitative estimate of drug-likeness (QED) is 0.723. The predicted molar refractivity (Wildman–Crippen MR) is 62.2 cm³/mol. The molecule has 1 amide bonds. The summed E-state index contributed by atoms with van der Waals surface area (Å²) in [7, 11) is 0. The van der Waals surface area contributed by atoms with Crippen molar-refractivity contribution in [2.75, 3.05) is 0 Å². The van der Waals surface area contributed by atoms with Crippen molar-refractivity contribution in [3.63, 3.8) is 0 Å². The van der Waals surface area contributed by atoms with Gasteiger partial charge in [0.05, 0.1) is 6.10 Å². The summed E-state index contributed by atoms with van der Waals surface area (Å²) in [6.07, 6.45) is 1.78. The number of carbonyl (C=O) groups excluding carboxylic acids is 1. The Morgan fingerprint density at radius 3 is 2.50 bits per heavy atom. The second-order valence-corrected chi connectivity index (χ2v) is 5.70. The molecule has 2 N–H and O–H groups in total. The van der Waals surface area contributed by atoms with Gasteiger partial charge in [-0.1, -0.05) is 6.92 Å². The van der Waals surface area contributed by atoms with Crippen molar-refractivity contribution in [2.45, 2.75) is 64.7 Å². The molecule has 1 unspecified atom stereocenters. The van der Waals surface area contributed by atoms with Crippen LogP contribution in [0, 0.1) is 5.92 Å². The van der Waals surface area contributed by atoms with Crippen LogP contribution in [0.15, 0.2) is 0 Å². The molecule has 1 aliphatic carbocycles. The average molecular weight is 229 g/mol. The second-order valence-electron chi connectivity index (χ2n) is 5.70. The van der Waals surface area contributed by atoms with E-state index >= 15 is 0 Å². The third-order valence-corrected chi connectivity index (χ3v) is 2.87. The fourth-order valence-corrected chi connectivity index (χ4v) is 1.90. The first kappa shape index (κ1) is 13.3. The normalized spacial score (nSPS) is 30.9. The van der Waals surface area contributed by atoms with Gasteiger partial charge < -0.3 is 15.2 Å². The van der Waals surface area contributed by atoms with Crippen LogP contribution in [0.2, 0.25) is 0 Å². The zero-order valence-electron chi connectivity index (χ0n) is 10.6. The molecule has 1 saturated carbocycles. The number of carbonyl (C=O) groups is 1. The van der Waals surface area contributed by atoms with Crippen molar-refractivity contribution in [3.05, 3.63) is 0 Å². The lowest BCUT2D eigenvalue weighted by molar-refractivity contribution is 0.0370. The molecule has 0 spiro atoms. The van der Waals surface area contributed by atoms with Gasteiger partial charge in [0.15, 0.2) is 0 Å². The lowest BCUT2D eigenvalue weighted by atomic mass is 9.85. The Balaban J connectivity index is 2.35. The van der Waals surface area contributed by atoms with Crippen LogP contribution in [0.3, 0.4) is 0 Å². The Hall–Kier alpha value is -0.770. The van der Waals surface area contributed by atoms with Gasteiger partial charge in [0, 0.05) is 6.04 Å². The lowest BCUT2D eigenvalue weighted by Gasteiger charge is -2.32. The highest BCUT2D eigenvalue weighted by Crippen LogP contribution is 2.24. The Morgan fingerprint density at radius 2 is 2.00 bits per heavy atom. The fraction of sp³-hybridized carbons (Fsp3) is 0.917. The van der Waals surface area contributed by atoms with E-state index in [-0.39, 0.29) is 18.2 Å². The average Bonchev–Trinajstić information content (AvgIpc) is 2.08. The summed E-state index contributed by atoms with van der Waals surface area (Å²) in [5, 5.41) is 12.5. The first-order valence-electron chi connectivity index (χ1n) is 5.95. The van der Waals surface area contributed by atoms with E-state index in [0.29, 0.717) is 12.3 Å². The molecule has 1 aliphatic rings. The van der Waals surface area contributed by atoms with Gasteiger partial charge in [-0.05, 0) is 46.0 Å². The van der Waals surface area contributed by atoms with Gasteiger partial charge in [0.25, 0.3) is 0 Å². The molecule has 16 heavy (non-hydrogen) atoms. The Labute approximate surface area is 97.4 Å². The van der Waals surface area contributed by atoms with E-state index in [1.54, 1.807) is 0 Å². The highest BCUT2D eigenvalue weighted by Gasteiger charge is 2.28. The highest BCUT2D eigenvalue weighted by atomic mass is 16.6. The van der Waals surface area contributed by atoms with Crippen LogP contribution in [0.1, 0.15) is 47.0 Å². The standard InChI is InChI=1S/C12H23NO3/c1-8-5-6-9(7-10(8)14)13-11(15)16-12(2,3)4/h8-10,14H,5-7H2,1-4H3,(H,13,15)/t8?,9-,10-/m1/s1. The summed E-state index contributed by atoms with van der Waals surface area (Å²) < 4.78 is 5.17. The van der Waals surface area contributed by atoms with Crippen LogP contribution >= 0.6 is 0 Å². The first-order chi connectivity index (χ1) is 7.28. The number of rotatable bonds is 1. The maximum absolute atomic E-state index is 11.5. The summed E-state index contributed by atoms with van der Waals surface area (Å²) in [5.41, 5.74) is -0.468. The summed E-state index contributed by atoms with van der Waals surface area (Å²) in [6, 6.07) is 0.0426. The van der Waals surface area contributed by atoms with Gasteiger partial charge in [0.2, 0.25) is 0 Å². The molecule has 0 bridgehead atoms. The molecule has 94 valence electrons. The van der Waals surface area contributed by atoms with Crippen molar-refractivity contribution >= 4 is 6.09 Å². The van der Waals surface area contributed by atoms with Crippen LogP contribution < -0.4 is 5.32 Å². The molecule has 0 aromatic heterocycles. The van der Waals surface area contributed by atoms with E-state index < -0.39 is 5.60 Å². The number of nitrogens with one attached hydrogen (secondary N) is 1. The molecular formula is C12H23NO3. The van der Waals surface area contributed by atoms with Gasteiger partial charge in [-0.3, -0.25) is 0 Å². The van der Waals surface area contributed by atoms with Crippen LogP contribution in [0.25, 0.3) is 0 Å². The van der Waals surface area contributed by atoms with Crippen molar-refractivity contribution in [3.8, 4) is 0 Å². The molecule has 1 fully saturated rings. The molecule has 0 aliphatic heterocycles. The van der Waals surface area contributed by atoms with Crippen LogP contribution in [-0.2, 0) is 4.74 Å². The van der Waals surface area contributed by atoms with Gasteiger partial charge in [-0.2, -0.15) is 0 Å². The van der Waals surface area contributed by atoms with Gasteiger partial charge >= 0.3 is 6.09 Å². The largest absolute Gasteiger partial charge is 0.444 e. The monoisotopic (exact) mass is 229 g/mol. The van der Waals surface area contributed by atoms with E-state index in [9.17, 15) is 9.90 Å². The van der Waals surface area contributed by atoms with Gasteiger partial charge in [-0.15, -0.1) is 0 Å². The van der Waals surface area contributed by atoms with Crippen LogP contribution in [0.4, 0.5) is 4.79 Å². The molecular weight excluding hydrogens is 206 g/mol. The number of alkyl carbamates (subject to hydrolysis) is 1. The molecule has 0 saturated heterocycles. The van der Waals surface area contributed by atoms with E-state index in [2.05, 4.69) is 5.32 Å². The molecule has 0 aromatic rings.